The predicted octanol–water partition coefficient (Wildman–Crippen LogP) is 0.968. The number of carbonyl (C=O) groups is 1. The molecule has 1 heterocycles. The number of nitrogens with one attached hydrogen (secondary N) is 1. The van der Waals surface area contributed by atoms with Crippen LogP contribution in [-0.4, -0.2) is 18.9 Å². The van der Waals surface area contributed by atoms with Crippen LogP contribution in [0.5, 0.6) is 0 Å². The minimum atomic E-state index is -0.257. The molecule has 1 aliphatic rings. The van der Waals surface area contributed by atoms with Crippen molar-refractivity contribution < 1.29 is 4.79 Å². The molecule has 2 nitrogen and oxygen atoms in total. The van der Waals surface area contributed by atoms with Crippen molar-refractivity contribution in [3.8, 4) is 12.3 Å². The van der Waals surface area contributed by atoms with Crippen molar-refractivity contribution in [2.24, 2.45) is 5.41 Å². The zero-order valence-electron chi connectivity index (χ0n) is 7.52. The number of hydrogen-bond donors (Lipinski definition) is 1. The maximum Gasteiger partial charge on any atom is 0.212 e. The molecule has 0 aliphatic carbocycles. The van der Waals surface area contributed by atoms with Gasteiger partial charge in [-0.3, -0.25) is 4.79 Å². The molecule has 1 rings (SSSR count). The van der Waals surface area contributed by atoms with E-state index in [0.717, 1.165) is 32.4 Å². The van der Waals surface area contributed by atoms with Gasteiger partial charge in [0.1, 0.15) is 0 Å². The summed E-state index contributed by atoms with van der Waals surface area (Å²) in [6.07, 6.45) is 7.99. The maximum atomic E-state index is 11.4. The van der Waals surface area contributed by atoms with Crippen LogP contribution in [0.1, 0.15) is 26.2 Å². The van der Waals surface area contributed by atoms with E-state index in [-0.39, 0.29) is 11.2 Å². The van der Waals surface area contributed by atoms with Crippen molar-refractivity contribution in [1.29, 1.82) is 0 Å². The molecule has 0 aromatic carbocycles. The summed E-state index contributed by atoms with van der Waals surface area (Å²) in [6, 6.07) is 0. The summed E-state index contributed by atoms with van der Waals surface area (Å²) in [5, 5.41) is 3.23. The van der Waals surface area contributed by atoms with Gasteiger partial charge < -0.3 is 5.32 Å². The molecule has 2 heteroatoms. The van der Waals surface area contributed by atoms with Gasteiger partial charge in [-0.25, -0.2) is 0 Å². The Morgan fingerprint density at radius 1 is 1.75 bits per heavy atom. The first-order chi connectivity index (χ1) is 5.75. The predicted molar refractivity (Wildman–Crippen MR) is 48.7 cm³/mol. The molecule has 0 amide bonds. The average Bonchev–Trinajstić information content (AvgIpc) is 2.17. The fourth-order valence-corrected chi connectivity index (χ4v) is 1.78. The van der Waals surface area contributed by atoms with Gasteiger partial charge in [0.2, 0.25) is 5.78 Å². The van der Waals surface area contributed by atoms with Gasteiger partial charge in [0.25, 0.3) is 0 Å². The molecule has 0 bridgehead atoms. The molecule has 0 spiro atoms. The number of carbonyl (C=O) groups excluding carboxylic acids is 1. The molecule has 1 atom stereocenters. The Balaban J connectivity index is 2.74. The van der Waals surface area contributed by atoms with Crippen molar-refractivity contribution in [2.75, 3.05) is 13.1 Å². The highest BCUT2D eigenvalue weighted by Gasteiger charge is 2.36. The fraction of sp³-hybridized carbons (Fsp3) is 0.700. The zero-order valence-corrected chi connectivity index (χ0v) is 7.52. The molecule has 0 radical (unpaired) electrons. The Labute approximate surface area is 73.7 Å². The Hall–Kier alpha value is -0.810. The van der Waals surface area contributed by atoms with Crippen LogP contribution in [-0.2, 0) is 4.79 Å². The number of terminal acetylenes is 1. The fourth-order valence-electron chi connectivity index (χ4n) is 1.78. The second-order valence-corrected chi connectivity index (χ2v) is 3.39. The van der Waals surface area contributed by atoms with Gasteiger partial charge in [-0.15, -0.1) is 6.42 Å². The third-order valence-electron chi connectivity index (χ3n) is 2.76. The average molecular weight is 165 g/mol. The van der Waals surface area contributed by atoms with Gasteiger partial charge in [-0.2, -0.15) is 0 Å². The van der Waals surface area contributed by atoms with Gasteiger partial charge in [0, 0.05) is 6.54 Å². The molecule has 1 saturated heterocycles. The molecule has 1 N–H and O–H groups in total. The SMILES string of the molecule is C#CC(=O)C1(CC)CCCNC1. The van der Waals surface area contributed by atoms with E-state index < -0.39 is 0 Å². The van der Waals surface area contributed by atoms with E-state index in [0.29, 0.717) is 0 Å². The summed E-state index contributed by atoms with van der Waals surface area (Å²) >= 11 is 0. The van der Waals surface area contributed by atoms with E-state index in [1.807, 2.05) is 6.92 Å². The number of ketones is 1. The molecular formula is C10H15NO. The lowest BCUT2D eigenvalue weighted by Gasteiger charge is -2.33. The molecule has 1 fully saturated rings. The Morgan fingerprint density at radius 3 is 2.92 bits per heavy atom. The van der Waals surface area contributed by atoms with Crippen LogP contribution in [0.4, 0.5) is 0 Å². The van der Waals surface area contributed by atoms with Gasteiger partial charge in [-0.1, -0.05) is 6.92 Å². The molecule has 12 heavy (non-hydrogen) atoms. The highest BCUT2D eigenvalue weighted by atomic mass is 16.1. The lowest BCUT2D eigenvalue weighted by molar-refractivity contribution is -0.124. The van der Waals surface area contributed by atoms with Crippen molar-refractivity contribution in [1.82, 2.24) is 5.32 Å². The van der Waals surface area contributed by atoms with Crippen molar-refractivity contribution in [2.45, 2.75) is 26.2 Å². The first-order valence-electron chi connectivity index (χ1n) is 4.47. The van der Waals surface area contributed by atoms with Crippen molar-refractivity contribution >= 4 is 5.78 Å². The minimum Gasteiger partial charge on any atom is -0.316 e. The largest absolute Gasteiger partial charge is 0.316 e. The molecule has 1 aliphatic heterocycles. The monoisotopic (exact) mass is 165 g/mol. The van der Waals surface area contributed by atoms with E-state index in [2.05, 4.69) is 11.2 Å². The summed E-state index contributed by atoms with van der Waals surface area (Å²) in [5.74, 6) is 2.22. The van der Waals surface area contributed by atoms with Crippen LogP contribution < -0.4 is 5.32 Å². The lowest BCUT2D eigenvalue weighted by Crippen LogP contribution is -2.44. The summed E-state index contributed by atoms with van der Waals surface area (Å²) in [7, 11) is 0. The van der Waals surface area contributed by atoms with Gasteiger partial charge in [0.05, 0.1) is 5.41 Å². The summed E-state index contributed by atoms with van der Waals surface area (Å²) in [4.78, 5) is 11.4. The van der Waals surface area contributed by atoms with Crippen LogP contribution >= 0.6 is 0 Å². The number of hydrogen-bond acceptors (Lipinski definition) is 2. The summed E-state index contributed by atoms with van der Waals surface area (Å²) in [6.45, 7) is 3.80. The smallest absolute Gasteiger partial charge is 0.212 e. The number of Topliss-reactive ketones (excluding diaryl/α,β-unsaturated/α-hetero) is 1. The molecule has 0 saturated carbocycles. The standard InChI is InChI=1S/C10H15NO/c1-3-9(12)10(4-2)6-5-7-11-8-10/h1,11H,4-8H2,2H3. The van der Waals surface area contributed by atoms with Gasteiger partial charge in [-0.05, 0) is 31.7 Å². The molecule has 1 unspecified atom stereocenters. The van der Waals surface area contributed by atoms with Crippen LogP contribution in [0.15, 0.2) is 0 Å². The Morgan fingerprint density at radius 2 is 2.50 bits per heavy atom. The quantitative estimate of drug-likeness (QED) is 0.488. The van der Waals surface area contributed by atoms with E-state index in [1.54, 1.807) is 0 Å². The second kappa shape index (κ2) is 3.73. The van der Waals surface area contributed by atoms with Crippen LogP contribution in [0.3, 0.4) is 0 Å². The highest BCUT2D eigenvalue weighted by molar-refractivity contribution is 5.99. The first-order valence-corrected chi connectivity index (χ1v) is 4.47. The normalized spacial score (nSPS) is 29.3. The van der Waals surface area contributed by atoms with Gasteiger partial charge >= 0.3 is 0 Å². The third-order valence-corrected chi connectivity index (χ3v) is 2.76. The Kier molecular flexibility index (Phi) is 2.88. The van der Waals surface area contributed by atoms with Crippen molar-refractivity contribution in [3.05, 3.63) is 0 Å². The zero-order chi connectivity index (χ0) is 9.03. The van der Waals surface area contributed by atoms with E-state index >= 15 is 0 Å². The number of rotatable bonds is 2. The van der Waals surface area contributed by atoms with Crippen LogP contribution in [0.2, 0.25) is 0 Å². The molecular weight excluding hydrogens is 150 g/mol. The van der Waals surface area contributed by atoms with E-state index in [1.165, 1.54) is 0 Å². The highest BCUT2D eigenvalue weighted by Crippen LogP contribution is 2.30. The van der Waals surface area contributed by atoms with E-state index in [4.69, 9.17) is 6.42 Å². The molecule has 66 valence electrons. The van der Waals surface area contributed by atoms with Crippen molar-refractivity contribution in [3.63, 3.8) is 0 Å². The topological polar surface area (TPSA) is 29.1 Å². The maximum absolute atomic E-state index is 11.4. The summed E-state index contributed by atoms with van der Waals surface area (Å²) < 4.78 is 0. The van der Waals surface area contributed by atoms with Gasteiger partial charge in [0.15, 0.2) is 0 Å². The third kappa shape index (κ3) is 1.51. The molecule has 0 aromatic heterocycles. The summed E-state index contributed by atoms with van der Waals surface area (Å²) in [5.41, 5.74) is -0.257. The Bertz CT molecular complexity index is 208. The number of piperidine rings is 1. The first kappa shape index (κ1) is 9.28. The molecule has 0 aromatic rings. The minimum absolute atomic E-state index is 0.0304. The van der Waals surface area contributed by atoms with Crippen LogP contribution in [0, 0.1) is 17.8 Å². The van der Waals surface area contributed by atoms with Crippen LogP contribution in [0.25, 0.3) is 0 Å². The second-order valence-electron chi connectivity index (χ2n) is 3.39. The lowest BCUT2D eigenvalue weighted by atomic mass is 9.75. The van der Waals surface area contributed by atoms with E-state index in [9.17, 15) is 4.79 Å².